The van der Waals surface area contributed by atoms with Gasteiger partial charge in [-0.05, 0) is 61.2 Å². The minimum Gasteiger partial charge on any atom is -0.365 e. The Morgan fingerprint density at radius 1 is 1.30 bits per heavy atom. The Labute approximate surface area is 141 Å². The van der Waals surface area contributed by atoms with Crippen molar-refractivity contribution in [3.05, 3.63) is 23.8 Å². The quantitative estimate of drug-likeness (QED) is 0.645. The van der Waals surface area contributed by atoms with Gasteiger partial charge in [-0.2, -0.15) is 0 Å². The number of hydrogen-bond acceptors (Lipinski definition) is 3. The highest BCUT2D eigenvalue weighted by Crippen LogP contribution is 2.68. The van der Waals surface area contributed by atoms with E-state index in [-0.39, 0.29) is 29.0 Å². The predicted octanol–water partition coefficient (Wildman–Crippen LogP) is 3.24. The van der Waals surface area contributed by atoms with Crippen molar-refractivity contribution in [2.45, 2.75) is 51.5 Å². The Morgan fingerprint density at radius 2 is 2.13 bits per heavy atom. The molecule has 23 heavy (non-hydrogen) atoms. The number of rotatable bonds is 0. The van der Waals surface area contributed by atoms with Crippen molar-refractivity contribution in [2.24, 2.45) is 28.6 Å². The normalized spacial score (nSPS) is 56.1. The van der Waals surface area contributed by atoms with Crippen molar-refractivity contribution >= 4 is 11.6 Å². The lowest BCUT2D eigenvalue weighted by molar-refractivity contribution is -0.132. The summed E-state index contributed by atoms with van der Waals surface area (Å²) in [4.78, 5) is 24.7. The van der Waals surface area contributed by atoms with Crippen molar-refractivity contribution in [3.8, 4) is 0 Å². The fourth-order valence-electron chi connectivity index (χ4n) is 6.20. The molecule has 0 N–H and O–H groups in total. The van der Waals surface area contributed by atoms with E-state index in [1.807, 2.05) is 0 Å². The highest BCUT2D eigenvalue weighted by atomic mass is 16.6. The second-order valence-corrected chi connectivity index (χ2v) is 8.44. The van der Waals surface area contributed by atoms with Gasteiger partial charge in [0, 0.05) is 21.4 Å². The van der Waals surface area contributed by atoms with Crippen LogP contribution in [0.2, 0.25) is 0 Å². The summed E-state index contributed by atoms with van der Waals surface area (Å²) in [6.45, 7) is 0.324. The summed E-state index contributed by atoms with van der Waals surface area (Å²) in [5.74, 6) is 0.499. The second-order valence-electron chi connectivity index (χ2n) is 8.44. The Kier molecular flexibility index (Phi) is 2.00. The molecule has 0 aromatic rings. The maximum atomic E-state index is 12.6. The zero-order valence-electron chi connectivity index (χ0n) is 16.4. The molecule has 6 atom stereocenters. The molecule has 1 saturated heterocycles. The van der Waals surface area contributed by atoms with Crippen LogP contribution in [0.15, 0.2) is 23.8 Å². The fraction of sp³-hybridized carbons (Fsp3) is 0.700. The van der Waals surface area contributed by atoms with Gasteiger partial charge in [-0.25, -0.2) is 0 Å². The average molecular weight is 315 g/mol. The molecule has 3 heteroatoms. The number of hydrogen-bond donors (Lipinski definition) is 0. The van der Waals surface area contributed by atoms with E-state index >= 15 is 0 Å². The maximum Gasteiger partial charge on any atom is 0.178 e. The zero-order chi connectivity index (χ0) is 18.5. The van der Waals surface area contributed by atoms with Crippen LogP contribution >= 0.6 is 0 Å². The van der Waals surface area contributed by atoms with Crippen LogP contribution in [0.3, 0.4) is 0 Å². The van der Waals surface area contributed by atoms with E-state index in [0.29, 0.717) is 30.8 Å². The van der Waals surface area contributed by atoms with Crippen molar-refractivity contribution in [2.75, 3.05) is 6.61 Å². The van der Waals surface area contributed by atoms with Crippen molar-refractivity contribution in [1.82, 2.24) is 0 Å². The predicted molar refractivity (Wildman–Crippen MR) is 85.7 cm³/mol. The largest absolute Gasteiger partial charge is 0.365 e. The molecule has 1 aliphatic heterocycles. The van der Waals surface area contributed by atoms with Crippen LogP contribution in [-0.2, 0) is 14.3 Å². The molecule has 0 amide bonds. The second kappa shape index (κ2) is 4.05. The number of epoxide rings is 1. The van der Waals surface area contributed by atoms with Gasteiger partial charge in [0.15, 0.2) is 5.78 Å². The number of Topliss-reactive ketones (excluding diaryl/α,β-unsaturated/α-hetero) is 1. The SMILES string of the molecule is [2H]C([2H])([2H])[C@]12C=CC(=O)C=C1[C@]1(CO1)C[C@H]1[C@@H]3CCC(=O)[C@@]3(C)CC[C@@H]12. The third kappa shape index (κ3) is 1.60. The fourth-order valence-corrected chi connectivity index (χ4v) is 6.20. The third-order valence-electron chi connectivity index (χ3n) is 7.52. The molecule has 3 saturated carbocycles. The van der Waals surface area contributed by atoms with Gasteiger partial charge >= 0.3 is 0 Å². The van der Waals surface area contributed by atoms with Gasteiger partial charge in [-0.15, -0.1) is 0 Å². The smallest absolute Gasteiger partial charge is 0.178 e. The number of allylic oxidation sites excluding steroid dienone is 3. The van der Waals surface area contributed by atoms with E-state index in [9.17, 15) is 9.59 Å². The molecule has 5 rings (SSSR count). The van der Waals surface area contributed by atoms with E-state index in [4.69, 9.17) is 8.85 Å². The van der Waals surface area contributed by atoms with Gasteiger partial charge in [0.25, 0.3) is 0 Å². The van der Waals surface area contributed by atoms with E-state index in [2.05, 4.69) is 6.92 Å². The lowest BCUT2D eigenvalue weighted by atomic mass is 9.46. The summed E-state index contributed by atoms with van der Waals surface area (Å²) in [6, 6.07) is 0. The van der Waals surface area contributed by atoms with Gasteiger partial charge in [0.1, 0.15) is 11.4 Å². The van der Waals surface area contributed by atoms with E-state index in [1.165, 1.54) is 12.2 Å². The molecule has 1 heterocycles. The summed E-state index contributed by atoms with van der Waals surface area (Å²) < 4.78 is 31.1. The lowest BCUT2D eigenvalue weighted by Gasteiger charge is -2.57. The van der Waals surface area contributed by atoms with Gasteiger partial charge in [0.2, 0.25) is 0 Å². The first-order chi connectivity index (χ1) is 12.1. The molecule has 0 bridgehead atoms. The van der Waals surface area contributed by atoms with Crippen LogP contribution in [-0.4, -0.2) is 23.8 Å². The van der Waals surface area contributed by atoms with Crippen molar-refractivity contribution in [1.29, 1.82) is 0 Å². The molecule has 5 aliphatic rings. The van der Waals surface area contributed by atoms with Gasteiger partial charge in [-0.3, -0.25) is 9.59 Å². The topological polar surface area (TPSA) is 46.7 Å². The summed E-state index contributed by atoms with van der Waals surface area (Å²) >= 11 is 0. The maximum absolute atomic E-state index is 12.6. The standard InChI is InChI=1S/C20H24O3/c1-18-7-5-12(21)9-16(18)20(11-23-20)10-13-14-3-4-17(22)19(14,2)8-6-15(13)18/h5,7,9,13-15H,3-4,6,8,10-11H2,1-2H3/t13-,14-,15-,18+,19-,20+/m0/s1/i1D3. The minimum absolute atomic E-state index is 0.0654. The van der Waals surface area contributed by atoms with Crippen LogP contribution in [0.5, 0.6) is 0 Å². The first kappa shape index (κ1) is 11.4. The van der Waals surface area contributed by atoms with E-state index in [1.54, 1.807) is 6.08 Å². The van der Waals surface area contributed by atoms with Crippen LogP contribution in [0.25, 0.3) is 0 Å². The highest BCUT2D eigenvalue weighted by molar-refractivity contribution is 6.01. The zero-order valence-corrected chi connectivity index (χ0v) is 13.4. The molecule has 1 spiro atoms. The van der Waals surface area contributed by atoms with Gasteiger partial charge < -0.3 is 4.74 Å². The third-order valence-corrected chi connectivity index (χ3v) is 7.52. The highest BCUT2D eigenvalue weighted by Gasteiger charge is 2.67. The summed E-state index contributed by atoms with van der Waals surface area (Å²) in [6.07, 6.45) is 8.30. The average Bonchev–Trinajstić information content (AvgIpc) is 3.26. The first-order valence-corrected chi connectivity index (χ1v) is 8.77. The molecular formula is C20H24O3. The number of fused-ring (bicyclic) bond motifs is 6. The molecule has 0 unspecified atom stereocenters. The van der Waals surface area contributed by atoms with Gasteiger partial charge in [0.05, 0.1) is 6.61 Å². The molecule has 0 aromatic heterocycles. The number of carbonyl (C=O) groups is 2. The Bertz CT molecular complexity index is 776. The molecule has 4 fully saturated rings. The van der Waals surface area contributed by atoms with Crippen LogP contribution in [0.4, 0.5) is 0 Å². The van der Waals surface area contributed by atoms with E-state index in [0.717, 1.165) is 19.3 Å². The molecule has 0 radical (unpaired) electrons. The Morgan fingerprint density at radius 3 is 2.87 bits per heavy atom. The summed E-state index contributed by atoms with van der Waals surface area (Å²) in [5, 5.41) is 0. The molecule has 0 aromatic carbocycles. The Hall–Kier alpha value is -1.22. The number of ketones is 2. The van der Waals surface area contributed by atoms with Crippen LogP contribution in [0, 0.1) is 28.6 Å². The van der Waals surface area contributed by atoms with Gasteiger partial charge in [-0.1, -0.05) is 19.9 Å². The Balaban J connectivity index is 1.69. The van der Waals surface area contributed by atoms with Crippen molar-refractivity contribution in [3.63, 3.8) is 0 Å². The monoisotopic (exact) mass is 315 g/mol. The molecule has 4 aliphatic carbocycles. The number of ether oxygens (including phenoxy) is 1. The molecular weight excluding hydrogens is 288 g/mol. The number of carbonyl (C=O) groups excluding carboxylic acids is 2. The minimum atomic E-state index is -2.24. The van der Waals surface area contributed by atoms with E-state index < -0.39 is 17.9 Å². The lowest BCUT2D eigenvalue weighted by Crippen LogP contribution is -2.54. The summed E-state index contributed by atoms with van der Waals surface area (Å²) in [5.41, 5.74) is -1.39. The first-order valence-electron chi connectivity index (χ1n) is 10.3. The summed E-state index contributed by atoms with van der Waals surface area (Å²) in [7, 11) is 0. The van der Waals surface area contributed by atoms with Crippen molar-refractivity contribution < 1.29 is 18.4 Å². The van der Waals surface area contributed by atoms with Crippen LogP contribution in [0.1, 0.15) is 50.0 Å². The molecule has 122 valence electrons. The van der Waals surface area contributed by atoms with Crippen LogP contribution < -0.4 is 0 Å². The molecule has 3 nitrogen and oxygen atoms in total.